The molecule has 0 spiro atoms. The Balaban J connectivity index is 1.44. The minimum Gasteiger partial charge on any atom is -0.461 e. The maximum Gasteiger partial charge on any atom is 0.322 e. The first-order chi connectivity index (χ1) is 17.3. The van der Waals surface area contributed by atoms with Gasteiger partial charge in [-0.2, -0.15) is 0 Å². The van der Waals surface area contributed by atoms with Crippen LogP contribution in [-0.4, -0.2) is 54.2 Å². The number of morpholine rings is 1. The predicted octanol–water partition coefficient (Wildman–Crippen LogP) is 4.60. The lowest BCUT2D eigenvalue weighted by molar-refractivity contribution is -0.165. The first-order valence-electron chi connectivity index (χ1n) is 12.8. The molecule has 5 rings (SSSR count). The van der Waals surface area contributed by atoms with Gasteiger partial charge in [-0.15, -0.1) is 0 Å². The molecule has 3 fully saturated rings. The van der Waals surface area contributed by atoms with E-state index in [4.69, 9.17) is 9.47 Å². The van der Waals surface area contributed by atoms with Gasteiger partial charge >= 0.3 is 5.97 Å². The Labute approximate surface area is 211 Å². The highest BCUT2D eigenvalue weighted by Gasteiger charge is 2.67. The van der Waals surface area contributed by atoms with Crippen molar-refractivity contribution in [3.05, 3.63) is 60.2 Å². The number of aromatic nitrogens is 1. The van der Waals surface area contributed by atoms with Crippen molar-refractivity contribution >= 4 is 18.0 Å². The Bertz CT molecular complexity index is 1160. The number of amides is 1. The van der Waals surface area contributed by atoms with Gasteiger partial charge in [-0.05, 0) is 60.9 Å². The number of halogens is 1. The Kier molecular flexibility index (Phi) is 6.68. The Morgan fingerprint density at radius 2 is 1.92 bits per heavy atom. The largest absolute Gasteiger partial charge is 0.461 e. The fourth-order valence-electron chi connectivity index (χ4n) is 6.36. The number of hydrogen-bond donors (Lipinski definition) is 0. The molecule has 1 aromatic heterocycles. The van der Waals surface area contributed by atoms with E-state index in [-0.39, 0.29) is 47.5 Å². The summed E-state index contributed by atoms with van der Waals surface area (Å²) in [5, 5.41) is 0. The Morgan fingerprint density at radius 3 is 2.61 bits per heavy atom. The number of rotatable bonds is 4. The molecule has 3 heterocycles. The highest BCUT2D eigenvalue weighted by Crippen LogP contribution is 2.57. The molecule has 190 valence electrons. The van der Waals surface area contributed by atoms with Crippen molar-refractivity contribution in [1.29, 1.82) is 0 Å². The summed E-state index contributed by atoms with van der Waals surface area (Å²) in [6.07, 6.45) is 5.96. The van der Waals surface area contributed by atoms with Gasteiger partial charge in [0.2, 0.25) is 5.91 Å². The lowest BCUT2D eigenvalue weighted by Gasteiger charge is -2.48. The molecule has 0 radical (unpaired) electrons. The van der Waals surface area contributed by atoms with Gasteiger partial charge in [-0.3, -0.25) is 14.6 Å². The number of hydrogen-bond acceptors (Lipinski definition) is 5. The zero-order chi connectivity index (χ0) is 25.4. The quantitative estimate of drug-likeness (QED) is 0.461. The van der Waals surface area contributed by atoms with Crippen LogP contribution in [0.2, 0.25) is 0 Å². The second-order valence-electron chi connectivity index (χ2n) is 10.5. The molecule has 3 aliphatic rings. The molecule has 1 aromatic carbocycles. The standard InChI is InChI=1S/C29H33FN2O4/c1-18-16-29(27(33)32-11-13-35-14-12-32)26(20(3)36-28(29)34)25(19(18)2)10-9-24-8-7-22(17-31-24)21-5-4-6-23(30)15-21/h4-10,15,17-20,25-26H,11-14,16H2,1-3H3/b10-9+/t18?,19?,20-,25?,26?,29-/m1/s1. The van der Waals surface area contributed by atoms with Crippen LogP contribution >= 0.6 is 0 Å². The molecule has 1 saturated carbocycles. The summed E-state index contributed by atoms with van der Waals surface area (Å²) < 4.78 is 24.8. The van der Waals surface area contributed by atoms with Gasteiger partial charge in [-0.25, -0.2) is 4.39 Å². The van der Waals surface area contributed by atoms with Crippen LogP contribution in [0.1, 0.15) is 32.9 Å². The highest BCUT2D eigenvalue weighted by molar-refractivity contribution is 6.04. The third kappa shape index (κ3) is 4.23. The second-order valence-corrected chi connectivity index (χ2v) is 10.5. The SMILES string of the molecule is CC1C[C@@]2(C(=O)N3CCOCC3)C(=O)O[C@H](C)C2C(/C=C/c2ccc(-c3cccc(F)c3)cn2)C1C. The molecule has 4 unspecified atom stereocenters. The van der Waals surface area contributed by atoms with E-state index < -0.39 is 5.41 Å². The smallest absolute Gasteiger partial charge is 0.322 e. The average molecular weight is 493 g/mol. The number of cyclic esters (lactones) is 1. The van der Waals surface area contributed by atoms with Crippen molar-refractivity contribution in [3.8, 4) is 11.1 Å². The molecule has 7 heteroatoms. The molecule has 2 aliphatic heterocycles. The van der Waals surface area contributed by atoms with E-state index >= 15 is 0 Å². The minimum atomic E-state index is -1.16. The molecule has 0 N–H and O–H groups in total. The van der Waals surface area contributed by atoms with Crippen molar-refractivity contribution in [3.63, 3.8) is 0 Å². The summed E-state index contributed by atoms with van der Waals surface area (Å²) in [6, 6.07) is 10.3. The van der Waals surface area contributed by atoms with Crippen LogP contribution in [0.25, 0.3) is 17.2 Å². The van der Waals surface area contributed by atoms with Gasteiger partial charge in [0.1, 0.15) is 11.9 Å². The molecule has 2 saturated heterocycles. The van der Waals surface area contributed by atoms with Crippen LogP contribution in [0, 0.1) is 34.9 Å². The molecule has 0 bridgehead atoms. The summed E-state index contributed by atoms with van der Waals surface area (Å²) in [6.45, 7) is 8.21. The predicted molar refractivity (Wildman–Crippen MR) is 134 cm³/mol. The summed E-state index contributed by atoms with van der Waals surface area (Å²) in [5.74, 6) is -0.609. The number of pyridine rings is 1. The fraction of sp³-hybridized carbons (Fsp3) is 0.483. The minimum absolute atomic E-state index is 0.0233. The second kappa shape index (κ2) is 9.77. The number of carbonyl (C=O) groups excluding carboxylic acids is 2. The van der Waals surface area contributed by atoms with Gasteiger partial charge in [-0.1, -0.05) is 38.1 Å². The summed E-state index contributed by atoms with van der Waals surface area (Å²) in [5.41, 5.74) is 1.22. The molecule has 1 amide bonds. The van der Waals surface area contributed by atoms with Gasteiger partial charge < -0.3 is 14.4 Å². The average Bonchev–Trinajstić information content (AvgIpc) is 3.14. The van der Waals surface area contributed by atoms with E-state index in [9.17, 15) is 14.0 Å². The van der Waals surface area contributed by atoms with Crippen LogP contribution in [0.4, 0.5) is 4.39 Å². The van der Waals surface area contributed by atoms with Crippen LogP contribution in [-0.2, 0) is 19.1 Å². The summed E-state index contributed by atoms with van der Waals surface area (Å²) >= 11 is 0. The van der Waals surface area contributed by atoms with Gasteiger partial charge in [0, 0.05) is 30.8 Å². The van der Waals surface area contributed by atoms with E-state index in [2.05, 4.69) is 24.9 Å². The number of esters is 1. The molecule has 6 nitrogen and oxygen atoms in total. The number of benzene rings is 1. The van der Waals surface area contributed by atoms with Crippen molar-refractivity contribution < 1.29 is 23.5 Å². The maximum absolute atomic E-state index is 13.9. The molecule has 1 aliphatic carbocycles. The van der Waals surface area contributed by atoms with Crippen molar-refractivity contribution in [2.75, 3.05) is 26.3 Å². The normalized spacial score (nSPS) is 32.4. The number of fused-ring (bicyclic) bond motifs is 1. The van der Waals surface area contributed by atoms with Crippen molar-refractivity contribution in [2.45, 2.75) is 33.3 Å². The van der Waals surface area contributed by atoms with Crippen LogP contribution < -0.4 is 0 Å². The summed E-state index contributed by atoms with van der Waals surface area (Å²) in [7, 11) is 0. The zero-order valence-corrected chi connectivity index (χ0v) is 21.0. The molecule has 36 heavy (non-hydrogen) atoms. The maximum atomic E-state index is 13.9. The van der Waals surface area contributed by atoms with Crippen LogP contribution in [0.15, 0.2) is 48.7 Å². The van der Waals surface area contributed by atoms with Gasteiger partial charge in [0.25, 0.3) is 0 Å². The van der Waals surface area contributed by atoms with E-state index in [0.717, 1.165) is 16.8 Å². The molecule has 6 atom stereocenters. The van der Waals surface area contributed by atoms with Crippen molar-refractivity contribution in [1.82, 2.24) is 9.88 Å². The molecule has 2 aromatic rings. The van der Waals surface area contributed by atoms with E-state index in [1.807, 2.05) is 31.2 Å². The monoisotopic (exact) mass is 492 g/mol. The zero-order valence-electron chi connectivity index (χ0n) is 21.0. The van der Waals surface area contributed by atoms with Crippen LogP contribution in [0.5, 0.6) is 0 Å². The van der Waals surface area contributed by atoms with Crippen molar-refractivity contribution in [2.24, 2.45) is 29.1 Å². The first kappa shape index (κ1) is 24.6. The number of carbonyl (C=O) groups is 2. The first-order valence-corrected chi connectivity index (χ1v) is 12.8. The molecular formula is C29H33FN2O4. The van der Waals surface area contributed by atoms with Gasteiger partial charge in [0.15, 0.2) is 5.41 Å². The highest BCUT2D eigenvalue weighted by atomic mass is 19.1. The van der Waals surface area contributed by atoms with E-state index in [0.29, 0.717) is 32.7 Å². The lowest BCUT2D eigenvalue weighted by Crippen LogP contribution is -2.58. The van der Waals surface area contributed by atoms with E-state index in [1.165, 1.54) is 12.1 Å². The topological polar surface area (TPSA) is 68.7 Å². The molecular weight excluding hydrogens is 459 g/mol. The third-order valence-corrected chi connectivity index (χ3v) is 8.41. The Morgan fingerprint density at radius 1 is 1.14 bits per heavy atom. The number of ether oxygens (including phenoxy) is 2. The fourth-order valence-corrected chi connectivity index (χ4v) is 6.36. The number of nitrogens with zero attached hydrogens (tertiary/aromatic N) is 2. The third-order valence-electron chi connectivity index (χ3n) is 8.41. The van der Waals surface area contributed by atoms with E-state index in [1.54, 1.807) is 17.2 Å². The lowest BCUT2D eigenvalue weighted by atomic mass is 9.54. The van der Waals surface area contributed by atoms with Gasteiger partial charge in [0.05, 0.1) is 18.9 Å². The van der Waals surface area contributed by atoms with Crippen LogP contribution in [0.3, 0.4) is 0 Å². The summed E-state index contributed by atoms with van der Waals surface area (Å²) in [4.78, 5) is 33.6. The number of allylic oxidation sites excluding steroid dienone is 1. The Hall–Kier alpha value is -3.06.